The number of phosphoric acid groups is 1. The SMILES string of the molecule is O=P(O)(O)OCCNCc1ccc(-c2noc(CCCCc3ccccc3)n2)c2ccccc12. The molecule has 1 heterocycles. The quantitative estimate of drug-likeness (QED) is 0.198. The highest BCUT2D eigenvalue weighted by Crippen LogP contribution is 2.35. The summed E-state index contributed by atoms with van der Waals surface area (Å²) in [6.07, 6.45) is 3.82. The van der Waals surface area contributed by atoms with Crippen molar-refractivity contribution in [2.24, 2.45) is 0 Å². The van der Waals surface area contributed by atoms with Gasteiger partial charge in [0.1, 0.15) is 0 Å². The first-order chi connectivity index (χ1) is 16.5. The Balaban J connectivity index is 1.38. The topological polar surface area (TPSA) is 118 Å². The summed E-state index contributed by atoms with van der Waals surface area (Å²) in [5.74, 6) is 1.21. The molecular weight excluding hydrogens is 453 g/mol. The van der Waals surface area contributed by atoms with Crippen LogP contribution in [0.3, 0.4) is 0 Å². The summed E-state index contributed by atoms with van der Waals surface area (Å²) in [7, 11) is -4.44. The van der Waals surface area contributed by atoms with Gasteiger partial charge in [0.05, 0.1) is 6.61 Å². The van der Waals surface area contributed by atoms with E-state index in [1.165, 1.54) is 5.56 Å². The fourth-order valence-electron chi connectivity index (χ4n) is 3.89. The van der Waals surface area contributed by atoms with Gasteiger partial charge in [-0.2, -0.15) is 4.98 Å². The molecule has 9 heteroatoms. The summed E-state index contributed by atoms with van der Waals surface area (Å²) >= 11 is 0. The molecular formula is C25H28N3O5P. The lowest BCUT2D eigenvalue weighted by Gasteiger charge is -2.11. The summed E-state index contributed by atoms with van der Waals surface area (Å²) in [6, 6.07) is 22.4. The summed E-state index contributed by atoms with van der Waals surface area (Å²) in [5, 5.41) is 9.44. The number of hydrogen-bond acceptors (Lipinski definition) is 6. The predicted octanol–water partition coefficient (Wildman–Crippen LogP) is 4.65. The van der Waals surface area contributed by atoms with E-state index in [2.05, 4.69) is 44.2 Å². The van der Waals surface area contributed by atoms with Gasteiger partial charge in [0.25, 0.3) is 0 Å². The van der Waals surface area contributed by atoms with Crippen molar-refractivity contribution in [3.63, 3.8) is 0 Å². The highest BCUT2D eigenvalue weighted by Gasteiger charge is 2.14. The number of nitrogens with zero attached hydrogens (tertiary/aromatic N) is 2. The number of benzene rings is 3. The predicted molar refractivity (Wildman–Crippen MR) is 130 cm³/mol. The zero-order valence-corrected chi connectivity index (χ0v) is 19.7. The second-order valence-corrected chi connectivity index (χ2v) is 9.26. The molecule has 0 saturated heterocycles. The monoisotopic (exact) mass is 481 g/mol. The Morgan fingerprint density at radius 1 is 0.912 bits per heavy atom. The molecule has 0 aliphatic heterocycles. The fourth-order valence-corrected chi connectivity index (χ4v) is 4.22. The maximum atomic E-state index is 10.8. The van der Waals surface area contributed by atoms with Gasteiger partial charge in [-0.3, -0.25) is 4.52 Å². The third-order valence-corrected chi connectivity index (χ3v) is 6.04. The van der Waals surface area contributed by atoms with Crippen molar-refractivity contribution >= 4 is 18.6 Å². The summed E-state index contributed by atoms with van der Waals surface area (Å²) in [6.45, 7) is 0.779. The van der Waals surface area contributed by atoms with Gasteiger partial charge in [-0.25, -0.2) is 4.57 Å². The molecule has 34 heavy (non-hydrogen) atoms. The van der Waals surface area contributed by atoms with Gasteiger partial charge in [0.2, 0.25) is 11.7 Å². The van der Waals surface area contributed by atoms with E-state index in [0.29, 0.717) is 24.8 Å². The molecule has 0 aliphatic rings. The van der Waals surface area contributed by atoms with E-state index >= 15 is 0 Å². The molecule has 3 aromatic carbocycles. The van der Waals surface area contributed by atoms with E-state index in [-0.39, 0.29) is 6.61 Å². The molecule has 3 N–H and O–H groups in total. The molecule has 0 radical (unpaired) electrons. The summed E-state index contributed by atoms with van der Waals surface area (Å²) in [5.41, 5.74) is 3.30. The van der Waals surface area contributed by atoms with Crippen LogP contribution in [0.1, 0.15) is 29.9 Å². The van der Waals surface area contributed by atoms with Crippen LogP contribution in [0.2, 0.25) is 0 Å². The zero-order chi connectivity index (χ0) is 23.8. The van der Waals surface area contributed by atoms with Gasteiger partial charge in [0, 0.05) is 25.1 Å². The Morgan fingerprint density at radius 2 is 1.65 bits per heavy atom. The molecule has 4 rings (SSSR count). The first-order valence-electron chi connectivity index (χ1n) is 11.3. The molecule has 0 amide bonds. The Labute approximate surface area is 198 Å². The maximum Gasteiger partial charge on any atom is 0.469 e. The number of aryl methyl sites for hydroxylation is 2. The molecule has 1 aromatic heterocycles. The van der Waals surface area contributed by atoms with Crippen molar-refractivity contribution in [1.82, 2.24) is 15.5 Å². The summed E-state index contributed by atoms with van der Waals surface area (Å²) < 4.78 is 20.8. The van der Waals surface area contributed by atoms with Crippen LogP contribution in [0.25, 0.3) is 22.2 Å². The van der Waals surface area contributed by atoms with E-state index in [9.17, 15) is 4.57 Å². The van der Waals surface area contributed by atoms with Crippen LogP contribution in [-0.2, 0) is 28.5 Å². The van der Waals surface area contributed by atoms with Gasteiger partial charge < -0.3 is 19.6 Å². The van der Waals surface area contributed by atoms with Crippen molar-refractivity contribution in [1.29, 1.82) is 0 Å². The minimum absolute atomic E-state index is 0.0721. The van der Waals surface area contributed by atoms with Crippen molar-refractivity contribution in [2.75, 3.05) is 13.2 Å². The molecule has 0 saturated carbocycles. The lowest BCUT2D eigenvalue weighted by molar-refractivity contribution is 0.197. The molecule has 0 unspecified atom stereocenters. The smallest absolute Gasteiger partial charge is 0.339 e. The number of unbranched alkanes of at least 4 members (excludes halogenated alkanes) is 1. The fraction of sp³-hybridized carbons (Fsp3) is 0.280. The first kappa shape index (κ1) is 24.3. The molecule has 4 aromatic rings. The van der Waals surface area contributed by atoms with Crippen LogP contribution >= 0.6 is 7.82 Å². The van der Waals surface area contributed by atoms with Crippen molar-refractivity contribution in [3.05, 3.63) is 83.7 Å². The maximum absolute atomic E-state index is 10.8. The van der Waals surface area contributed by atoms with Crippen LogP contribution in [0.5, 0.6) is 0 Å². The van der Waals surface area contributed by atoms with Crippen LogP contribution in [0, 0.1) is 0 Å². The zero-order valence-electron chi connectivity index (χ0n) is 18.8. The summed E-state index contributed by atoms with van der Waals surface area (Å²) in [4.78, 5) is 22.2. The van der Waals surface area contributed by atoms with Gasteiger partial charge >= 0.3 is 7.82 Å². The molecule has 0 fully saturated rings. The largest absolute Gasteiger partial charge is 0.469 e. The molecule has 8 nitrogen and oxygen atoms in total. The average Bonchev–Trinajstić information content (AvgIpc) is 3.30. The van der Waals surface area contributed by atoms with Crippen LogP contribution in [0.4, 0.5) is 0 Å². The van der Waals surface area contributed by atoms with Gasteiger partial charge in [-0.15, -0.1) is 0 Å². The second-order valence-electron chi connectivity index (χ2n) is 8.02. The Bertz CT molecular complexity index is 1260. The minimum atomic E-state index is -4.44. The van der Waals surface area contributed by atoms with E-state index in [4.69, 9.17) is 14.3 Å². The van der Waals surface area contributed by atoms with E-state index in [0.717, 1.165) is 47.6 Å². The Kier molecular flexibility index (Phi) is 8.21. The molecule has 0 bridgehead atoms. The first-order valence-corrected chi connectivity index (χ1v) is 12.8. The lowest BCUT2D eigenvalue weighted by Crippen LogP contribution is -2.19. The molecule has 0 atom stereocenters. The normalized spacial score (nSPS) is 11.8. The van der Waals surface area contributed by atoms with Crippen molar-refractivity contribution < 1.29 is 23.4 Å². The van der Waals surface area contributed by atoms with Gasteiger partial charge in [-0.05, 0) is 41.2 Å². The molecule has 0 aliphatic carbocycles. The highest BCUT2D eigenvalue weighted by atomic mass is 31.2. The Morgan fingerprint density at radius 3 is 2.44 bits per heavy atom. The minimum Gasteiger partial charge on any atom is -0.339 e. The van der Waals surface area contributed by atoms with E-state index in [1.54, 1.807) is 0 Å². The van der Waals surface area contributed by atoms with Crippen LogP contribution < -0.4 is 5.32 Å². The third kappa shape index (κ3) is 6.82. The number of hydrogen-bond donors (Lipinski definition) is 3. The Hall–Kier alpha value is -2.87. The van der Waals surface area contributed by atoms with Crippen molar-refractivity contribution in [2.45, 2.75) is 32.2 Å². The van der Waals surface area contributed by atoms with E-state index < -0.39 is 7.82 Å². The van der Waals surface area contributed by atoms with Crippen molar-refractivity contribution in [3.8, 4) is 11.4 Å². The number of nitrogens with one attached hydrogen (secondary N) is 1. The van der Waals surface area contributed by atoms with Gasteiger partial charge in [0.15, 0.2) is 0 Å². The van der Waals surface area contributed by atoms with E-state index in [1.807, 2.05) is 42.5 Å². The number of aromatic nitrogens is 2. The molecule has 178 valence electrons. The molecule has 0 spiro atoms. The lowest BCUT2D eigenvalue weighted by atomic mass is 9.99. The van der Waals surface area contributed by atoms with Crippen LogP contribution in [-0.4, -0.2) is 33.1 Å². The second kappa shape index (κ2) is 11.5. The van der Waals surface area contributed by atoms with Crippen LogP contribution in [0.15, 0.2) is 71.3 Å². The number of phosphoric ester groups is 1. The number of fused-ring (bicyclic) bond motifs is 1. The average molecular weight is 481 g/mol. The third-order valence-electron chi connectivity index (χ3n) is 5.53. The number of rotatable bonds is 12. The standard InChI is InChI=1S/C25H28N3O5P/c29-34(30,31)32-17-16-26-18-20-14-15-23(22-12-6-5-11-21(20)22)25-27-24(33-28-25)13-7-4-10-19-8-2-1-3-9-19/h1-3,5-6,8-9,11-12,14-15,26H,4,7,10,13,16-18H2,(H2,29,30,31). The highest BCUT2D eigenvalue weighted by molar-refractivity contribution is 7.46. The van der Waals surface area contributed by atoms with Gasteiger partial charge in [-0.1, -0.05) is 71.9 Å².